The third kappa shape index (κ3) is 3.18. The highest BCUT2D eigenvalue weighted by Gasteiger charge is 2.37. The summed E-state index contributed by atoms with van der Waals surface area (Å²) >= 11 is 0. The molecule has 2 aromatic carbocycles. The van der Waals surface area contributed by atoms with E-state index in [2.05, 4.69) is 22.0 Å². The summed E-state index contributed by atoms with van der Waals surface area (Å²) in [6, 6.07) is 14.9. The number of amides is 1. The van der Waals surface area contributed by atoms with Crippen LogP contribution in [0.2, 0.25) is 0 Å². The van der Waals surface area contributed by atoms with Crippen molar-refractivity contribution in [1.29, 1.82) is 0 Å². The van der Waals surface area contributed by atoms with Crippen LogP contribution in [0.15, 0.2) is 54.7 Å². The molecular weight excluding hydrogens is 341 g/mol. The van der Waals surface area contributed by atoms with Gasteiger partial charge in [-0.1, -0.05) is 18.2 Å². The van der Waals surface area contributed by atoms with Gasteiger partial charge in [0, 0.05) is 49.0 Å². The van der Waals surface area contributed by atoms with Gasteiger partial charge < -0.3 is 14.8 Å². The van der Waals surface area contributed by atoms with Crippen molar-refractivity contribution in [1.82, 2.24) is 9.88 Å². The quantitative estimate of drug-likeness (QED) is 0.764. The lowest BCUT2D eigenvalue weighted by molar-refractivity contribution is -0.136. The minimum atomic E-state index is -0.721. The third-order valence-corrected chi connectivity index (χ3v) is 5.54. The fourth-order valence-electron chi connectivity index (χ4n) is 3.93. The molecule has 4 nitrogen and oxygen atoms in total. The Morgan fingerprint density at radius 1 is 1.04 bits per heavy atom. The van der Waals surface area contributed by atoms with Crippen molar-refractivity contribution in [3.8, 4) is 0 Å². The van der Waals surface area contributed by atoms with Crippen molar-refractivity contribution in [2.75, 3.05) is 31.1 Å². The summed E-state index contributed by atoms with van der Waals surface area (Å²) < 4.78 is 13.7. The number of para-hydroxylation sites is 1. The summed E-state index contributed by atoms with van der Waals surface area (Å²) in [6.07, 6.45) is 1.84. The maximum Gasteiger partial charge on any atom is 0.232 e. The monoisotopic (exact) mass is 365 g/mol. The number of hydrogen-bond donors (Lipinski definition) is 1. The number of nitrogens with zero attached hydrogens (tertiary/aromatic N) is 2. The number of aromatic nitrogens is 1. The minimum absolute atomic E-state index is 0.0837. The van der Waals surface area contributed by atoms with Gasteiger partial charge >= 0.3 is 0 Å². The Labute approximate surface area is 158 Å². The van der Waals surface area contributed by atoms with Gasteiger partial charge in [0.15, 0.2) is 0 Å². The molecule has 1 aliphatic rings. The summed E-state index contributed by atoms with van der Waals surface area (Å²) in [6.45, 7) is 6.85. The number of rotatable bonds is 3. The molecule has 0 aliphatic carbocycles. The number of anilines is 1. The minimum Gasteiger partial charge on any atom is -0.368 e. The van der Waals surface area contributed by atoms with Crippen LogP contribution in [-0.4, -0.2) is 42.0 Å². The maximum absolute atomic E-state index is 13.7. The van der Waals surface area contributed by atoms with Crippen LogP contribution < -0.4 is 4.90 Å². The first-order valence-corrected chi connectivity index (χ1v) is 9.33. The van der Waals surface area contributed by atoms with Crippen molar-refractivity contribution in [2.24, 2.45) is 0 Å². The van der Waals surface area contributed by atoms with Gasteiger partial charge in [-0.3, -0.25) is 4.79 Å². The fourth-order valence-corrected chi connectivity index (χ4v) is 3.93. The van der Waals surface area contributed by atoms with Gasteiger partial charge in [-0.25, -0.2) is 4.39 Å². The number of carbonyl (C=O) groups is 1. The number of hydrogen-bond acceptors (Lipinski definition) is 2. The zero-order chi connectivity index (χ0) is 19.0. The Kier molecular flexibility index (Phi) is 4.38. The summed E-state index contributed by atoms with van der Waals surface area (Å²) in [5.41, 5.74) is 2.16. The average molecular weight is 365 g/mol. The van der Waals surface area contributed by atoms with E-state index in [1.165, 1.54) is 17.8 Å². The molecule has 0 unspecified atom stereocenters. The van der Waals surface area contributed by atoms with E-state index < -0.39 is 5.41 Å². The van der Waals surface area contributed by atoms with Crippen LogP contribution in [0, 0.1) is 5.82 Å². The molecule has 1 aromatic heterocycles. The topological polar surface area (TPSA) is 39.3 Å². The van der Waals surface area contributed by atoms with Crippen LogP contribution >= 0.6 is 0 Å². The SMILES string of the molecule is CC(C)(C(=O)N1CCN(c2ccccc2)CC1)c1c[nH]c2ccc(F)cc12. The highest BCUT2D eigenvalue weighted by atomic mass is 19.1. The molecule has 140 valence electrons. The van der Waals surface area contributed by atoms with Gasteiger partial charge in [-0.05, 0) is 49.7 Å². The number of halogens is 1. The number of H-pyrrole nitrogens is 1. The van der Waals surface area contributed by atoms with Crippen LogP contribution in [0.5, 0.6) is 0 Å². The first-order valence-electron chi connectivity index (χ1n) is 9.33. The van der Waals surface area contributed by atoms with E-state index in [0.29, 0.717) is 13.1 Å². The molecule has 0 spiro atoms. The maximum atomic E-state index is 13.7. The highest BCUT2D eigenvalue weighted by Crippen LogP contribution is 2.33. The smallest absolute Gasteiger partial charge is 0.232 e. The second kappa shape index (κ2) is 6.72. The second-order valence-corrected chi connectivity index (χ2v) is 7.63. The molecule has 1 amide bonds. The summed E-state index contributed by atoms with van der Waals surface area (Å²) in [5.74, 6) is -0.205. The van der Waals surface area contributed by atoms with Crippen LogP contribution in [0.25, 0.3) is 10.9 Å². The standard InChI is InChI=1S/C22H24FN3O/c1-22(2,19-15-24-20-9-8-16(23)14-18(19)20)21(27)26-12-10-25(11-13-26)17-6-4-3-5-7-17/h3-9,14-15,24H,10-13H2,1-2H3. The molecule has 3 aromatic rings. The van der Waals surface area contributed by atoms with Crippen molar-refractivity contribution in [3.63, 3.8) is 0 Å². The van der Waals surface area contributed by atoms with Crippen molar-refractivity contribution in [3.05, 3.63) is 66.1 Å². The van der Waals surface area contributed by atoms with E-state index >= 15 is 0 Å². The number of nitrogens with one attached hydrogen (secondary N) is 1. The zero-order valence-electron chi connectivity index (χ0n) is 15.7. The van der Waals surface area contributed by atoms with Gasteiger partial charge in [-0.2, -0.15) is 0 Å². The molecule has 1 saturated heterocycles. The Balaban J connectivity index is 1.52. The second-order valence-electron chi connectivity index (χ2n) is 7.63. The normalized spacial score (nSPS) is 15.4. The molecule has 27 heavy (non-hydrogen) atoms. The van der Waals surface area contributed by atoms with E-state index in [9.17, 15) is 9.18 Å². The first-order chi connectivity index (χ1) is 13.0. The number of fused-ring (bicyclic) bond motifs is 1. The highest BCUT2D eigenvalue weighted by molar-refractivity contribution is 5.94. The van der Waals surface area contributed by atoms with E-state index in [4.69, 9.17) is 0 Å². The lowest BCUT2D eigenvalue weighted by Crippen LogP contribution is -2.53. The molecule has 1 N–H and O–H groups in total. The summed E-state index contributed by atoms with van der Waals surface area (Å²) in [7, 11) is 0. The molecule has 0 saturated carbocycles. The zero-order valence-corrected chi connectivity index (χ0v) is 15.7. The summed E-state index contributed by atoms with van der Waals surface area (Å²) in [4.78, 5) is 20.7. The van der Waals surface area contributed by atoms with Gasteiger partial charge in [0.05, 0.1) is 5.41 Å². The number of aromatic amines is 1. The van der Waals surface area contributed by atoms with Gasteiger partial charge in [-0.15, -0.1) is 0 Å². The lowest BCUT2D eigenvalue weighted by atomic mass is 9.82. The van der Waals surface area contributed by atoms with Crippen molar-refractivity contribution >= 4 is 22.5 Å². The van der Waals surface area contributed by atoms with Crippen LogP contribution in [0.3, 0.4) is 0 Å². The largest absolute Gasteiger partial charge is 0.368 e. The number of carbonyl (C=O) groups excluding carboxylic acids is 1. The van der Waals surface area contributed by atoms with E-state index in [1.54, 1.807) is 6.07 Å². The van der Waals surface area contributed by atoms with Crippen LogP contribution in [0.1, 0.15) is 19.4 Å². The third-order valence-electron chi connectivity index (χ3n) is 5.54. The van der Waals surface area contributed by atoms with Crippen LogP contribution in [0.4, 0.5) is 10.1 Å². The van der Waals surface area contributed by atoms with Gasteiger partial charge in [0.25, 0.3) is 0 Å². The van der Waals surface area contributed by atoms with E-state index in [0.717, 1.165) is 29.6 Å². The Bertz CT molecular complexity index is 956. The predicted octanol–water partition coefficient (Wildman–Crippen LogP) is 3.93. The fraction of sp³-hybridized carbons (Fsp3) is 0.318. The van der Waals surface area contributed by atoms with Crippen LogP contribution in [-0.2, 0) is 10.2 Å². The molecular formula is C22H24FN3O. The molecule has 5 heteroatoms. The average Bonchev–Trinajstić information content (AvgIpc) is 3.12. The molecule has 1 fully saturated rings. The van der Waals surface area contributed by atoms with E-state index in [-0.39, 0.29) is 11.7 Å². The Hall–Kier alpha value is -2.82. The molecule has 0 radical (unpaired) electrons. The molecule has 2 heterocycles. The molecule has 0 atom stereocenters. The van der Waals surface area contributed by atoms with Gasteiger partial charge in [0.1, 0.15) is 5.82 Å². The predicted molar refractivity (Wildman–Crippen MR) is 107 cm³/mol. The van der Waals surface area contributed by atoms with E-state index in [1.807, 2.05) is 43.1 Å². The van der Waals surface area contributed by atoms with Crippen molar-refractivity contribution in [2.45, 2.75) is 19.3 Å². The van der Waals surface area contributed by atoms with Crippen molar-refractivity contribution < 1.29 is 9.18 Å². The first kappa shape index (κ1) is 17.6. The van der Waals surface area contributed by atoms with Gasteiger partial charge in [0.2, 0.25) is 5.91 Å². The summed E-state index contributed by atoms with van der Waals surface area (Å²) in [5, 5.41) is 0.774. The lowest BCUT2D eigenvalue weighted by Gasteiger charge is -2.39. The molecule has 1 aliphatic heterocycles. The molecule has 4 rings (SSSR count). The number of piperazine rings is 1. The number of benzene rings is 2. The Morgan fingerprint density at radius 3 is 2.44 bits per heavy atom. The Morgan fingerprint density at radius 2 is 1.74 bits per heavy atom. The molecule has 0 bridgehead atoms.